The number of aromatic nitrogens is 2. The average molecular weight is 320 g/mol. The Hall–Kier alpha value is -2.88. The zero-order chi connectivity index (χ0) is 16.7. The molecular weight excluding hydrogens is 306 g/mol. The van der Waals surface area contributed by atoms with Crippen molar-refractivity contribution in [2.75, 3.05) is 0 Å². The van der Waals surface area contributed by atoms with E-state index >= 15 is 0 Å². The third-order valence-corrected chi connectivity index (χ3v) is 4.37. The van der Waals surface area contributed by atoms with Gasteiger partial charge in [0.15, 0.2) is 0 Å². The molecule has 0 saturated carbocycles. The number of halogens is 2. The van der Waals surface area contributed by atoms with Gasteiger partial charge in [0.2, 0.25) is 5.95 Å². The lowest BCUT2D eigenvalue weighted by atomic mass is 9.91. The van der Waals surface area contributed by atoms with E-state index in [1.807, 2.05) is 25.1 Å². The van der Waals surface area contributed by atoms with E-state index in [2.05, 4.69) is 9.97 Å². The Morgan fingerprint density at radius 2 is 1.79 bits per heavy atom. The summed E-state index contributed by atoms with van der Waals surface area (Å²) in [4.78, 5) is 7.82. The minimum atomic E-state index is -0.574. The lowest BCUT2D eigenvalue weighted by Gasteiger charge is -2.14. The van der Waals surface area contributed by atoms with Crippen LogP contribution >= 0.6 is 0 Å². The molecule has 2 heterocycles. The van der Waals surface area contributed by atoms with Crippen LogP contribution in [0.25, 0.3) is 32.7 Å². The number of benzene rings is 2. The van der Waals surface area contributed by atoms with Crippen LogP contribution in [0.1, 0.15) is 12.5 Å². The molecule has 0 bridgehead atoms. The van der Waals surface area contributed by atoms with Crippen molar-refractivity contribution in [2.24, 2.45) is 0 Å². The molecule has 0 aliphatic rings. The highest BCUT2D eigenvalue weighted by Crippen LogP contribution is 2.36. The minimum absolute atomic E-state index is 0.330. The monoisotopic (exact) mass is 320 g/mol. The van der Waals surface area contributed by atoms with Gasteiger partial charge in [0.05, 0.1) is 0 Å². The summed E-state index contributed by atoms with van der Waals surface area (Å²) in [5.41, 5.74) is 1.96. The molecule has 0 spiro atoms. The van der Waals surface area contributed by atoms with Gasteiger partial charge in [0, 0.05) is 35.1 Å². The van der Waals surface area contributed by atoms with Crippen molar-refractivity contribution < 1.29 is 8.78 Å². The van der Waals surface area contributed by atoms with Crippen LogP contribution in [0, 0.1) is 11.8 Å². The first-order valence-electron chi connectivity index (χ1n) is 7.78. The van der Waals surface area contributed by atoms with E-state index in [9.17, 15) is 8.78 Å². The fourth-order valence-electron chi connectivity index (χ4n) is 3.28. The van der Waals surface area contributed by atoms with Gasteiger partial charge in [-0.3, -0.25) is 4.98 Å². The molecule has 0 N–H and O–H groups in total. The zero-order valence-electron chi connectivity index (χ0n) is 13.1. The maximum absolute atomic E-state index is 14.9. The van der Waals surface area contributed by atoms with Crippen molar-refractivity contribution in [2.45, 2.75) is 13.3 Å². The predicted octanol–water partition coefficient (Wildman–Crippen LogP) is 5.29. The Morgan fingerprint density at radius 3 is 2.54 bits per heavy atom. The van der Waals surface area contributed by atoms with Gasteiger partial charge in [-0.1, -0.05) is 19.1 Å². The van der Waals surface area contributed by atoms with Crippen LogP contribution in [0.3, 0.4) is 0 Å². The first-order chi connectivity index (χ1) is 11.7. The van der Waals surface area contributed by atoms with Gasteiger partial charge in [-0.2, -0.15) is 4.39 Å². The van der Waals surface area contributed by atoms with E-state index in [4.69, 9.17) is 0 Å². The van der Waals surface area contributed by atoms with Crippen LogP contribution in [-0.2, 0) is 6.42 Å². The first-order valence-corrected chi connectivity index (χ1v) is 7.78. The zero-order valence-corrected chi connectivity index (χ0v) is 13.1. The molecule has 0 fully saturated rings. The fourth-order valence-corrected chi connectivity index (χ4v) is 3.28. The fraction of sp³-hybridized carbons (Fsp3) is 0.100. The molecule has 0 aliphatic heterocycles. The summed E-state index contributed by atoms with van der Waals surface area (Å²) < 4.78 is 28.0. The van der Waals surface area contributed by atoms with Gasteiger partial charge in [-0.25, -0.2) is 9.37 Å². The molecule has 2 nitrogen and oxygen atoms in total. The third kappa shape index (κ3) is 2.22. The molecule has 0 radical (unpaired) electrons. The van der Waals surface area contributed by atoms with Crippen molar-refractivity contribution in [3.05, 3.63) is 72.3 Å². The molecular formula is C20H14F2N2. The van der Waals surface area contributed by atoms with Gasteiger partial charge in [-0.15, -0.1) is 0 Å². The Labute approximate surface area is 137 Å². The van der Waals surface area contributed by atoms with Crippen LogP contribution in [0.2, 0.25) is 0 Å². The van der Waals surface area contributed by atoms with E-state index in [1.165, 1.54) is 18.3 Å². The summed E-state index contributed by atoms with van der Waals surface area (Å²) in [5, 5.41) is 3.77. The number of rotatable bonds is 2. The molecule has 0 aliphatic carbocycles. The maximum Gasteiger partial charge on any atom is 0.212 e. The predicted molar refractivity (Wildman–Crippen MR) is 91.8 cm³/mol. The first kappa shape index (κ1) is 14.7. The number of hydrogen-bond acceptors (Lipinski definition) is 2. The smallest absolute Gasteiger partial charge is 0.212 e. The van der Waals surface area contributed by atoms with E-state index in [0.29, 0.717) is 17.5 Å². The molecule has 4 aromatic rings. The van der Waals surface area contributed by atoms with E-state index in [-0.39, 0.29) is 5.82 Å². The Balaban J connectivity index is 2.10. The van der Waals surface area contributed by atoms with E-state index in [0.717, 1.165) is 27.1 Å². The summed E-state index contributed by atoms with van der Waals surface area (Å²) in [5.74, 6) is -0.904. The Bertz CT molecular complexity index is 1060. The second-order valence-electron chi connectivity index (χ2n) is 5.69. The number of hydrogen-bond donors (Lipinski definition) is 0. The lowest BCUT2D eigenvalue weighted by Crippen LogP contribution is -1.96. The highest BCUT2D eigenvalue weighted by atomic mass is 19.1. The number of fused-ring (bicyclic) bond motifs is 3. The molecule has 118 valence electrons. The molecule has 4 rings (SSSR count). The van der Waals surface area contributed by atoms with Crippen molar-refractivity contribution in [1.82, 2.24) is 9.97 Å². The van der Waals surface area contributed by atoms with Crippen LogP contribution in [0.5, 0.6) is 0 Å². The normalized spacial score (nSPS) is 11.3. The van der Waals surface area contributed by atoms with Crippen LogP contribution in [0.4, 0.5) is 8.78 Å². The van der Waals surface area contributed by atoms with Gasteiger partial charge in [-0.05, 0) is 52.4 Å². The van der Waals surface area contributed by atoms with Crippen LogP contribution in [-0.4, -0.2) is 9.97 Å². The molecule has 0 amide bonds. The summed E-state index contributed by atoms with van der Waals surface area (Å²) in [6.07, 6.45) is 5.52. The minimum Gasteiger partial charge on any atom is -0.264 e. The summed E-state index contributed by atoms with van der Waals surface area (Å²) >= 11 is 0. The molecule has 24 heavy (non-hydrogen) atoms. The van der Waals surface area contributed by atoms with Crippen molar-refractivity contribution >= 4 is 21.5 Å². The Morgan fingerprint density at radius 1 is 0.917 bits per heavy atom. The van der Waals surface area contributed by atoms with E-state index < -0.39 is 5.95 Å². The molecule has 2 aromatic heterocycles. The lowest BCUT2D eigenvalue weighted by molar-refractivity contribution is 0.583. The van der Waals surface area contributed by atoms with Crippen LogP contribution < -0.4 is 0 Å². The summed E-state index contributed by atoms with van der Waals surface area (Å²) in [6, 6.07) is 10.3. The SMILES string of the molecule is CCc1c(-c2ccc(F)nc2)c(F)cc2c1ccc1ccncc12. The van der Waals surface area contributed by atoms with Crippen LogP contribution in [0.15, 0.2) is 55.0 Å². The second-order valence-corrected chi connectivity index (χ2v) is 5.69. The summed E-state index contributed by atoms with van der Waals surface area (Å²) in [6.45, 7) is 1.99. The Kier molecular flexibility index (Phi) is 3.45. The maximum atomic E-state index is 14.9. The quantitative estimate of drug-likeness (QED) is 0.370. The number of aryl methyl sites for hydroxylation is 1. The highest BCUT2D eigenvalue weighted by Gasteiger charge is 2.16. The van der Waals surface area contributed by atoms with E-state index in [1.54, 1.807) is 18.5 Å². The standard InChI is InChI=1S/C20H14F2N2/c1-2-14-15-5-3-12-7-8-23-11-17(12)16(15)9-18(21)20(14)13-4-6-19(22)24-10-13/h3-11H,2H2,1H3. The molecule has 4 heteroatoms. The second kappa shape index (κ2) is 5.64. The van der Waals surface area contributed by atoms with Crippen molar-refractivity contribution in [3.63, 3.8) is 0 Å². The number of pyridine rings is 2. The topological polar surface area (TPSA) is 25.8 Å². The van der Waals surface area contributed by atoms with Gasteiger partial charge in [0.1, 0.15) is 5.82 Å². The largest absolute Gasteiger partial charge is 0.264 e. The van der Waals surface area contributed by atoms with Gasteiger partial charge < -0.3 is 0 Å². The van der Waals surface area contributed by atoms with Crippen molar-refractivity contribution in [3.8, 4) is 11.1 Å². The van der Waals surface area contributed by atoms with Gasteiger partial charge in [0.25, 0.3) is 0 Å². The third-order valence-electron chi connectivity index (χ3n) is 4.37. The molecule has 0 saturated heterocycles. The molecule has 2 aromatic carbocycles. The van der Waals surface area contributed by atoms with Crippen molar-refractivity contribution in [1.29, 1.82) is 0 Å². The average Bonchev–Trinajstić information content (AvgIpc) is 2.61. The molecule has 0 atom stereocenters. The highest BCUT2D eigenvalue weighted by molar-refractivity contribution is 6.09. The van der Waals surface area contributed by atoms with Gasteiger partial charge >= 0.3 is 0 Å². The summed E-state index contributed by atoms with van der Waals surface area (Å²) in [7, 11) is 0. The molecule has 0 unspecified atom stereocenters. The number of nitrogens with zero attached hydrogens (tertiary/aromatic N) is 2.